The van der Waals surface area contributed by atoms with E-state index in [0.717, 1.165) is 30.6 Å². The zero-order chi connectivity index (χ0) is 26.7. The largest absolute Gasteiger partial charge is 0.487 e. The van der Waals surface area contributed by atoms with Gasteiger partial charge in [0.25, 0.3) is 0 Å². The summed E-state index contributed by atoms with van der Waals surface area (Å²) in [6, 6.07) is 0. The van der Waals surface area contributed by atoms with Gasteiger partial charge in [0.15, 0.2) is 17.3 Å². The van der Waals surface area contributed by atoms with E-state index in [2.05, 4.69) is 20.3 Å². The molecule has 1 N–H and O–H groups in total. The molecule has 0 spiro atoms. The number of carbonyl (C=O) groups excluding carboxylic acids is 1. The summed E-state index contributed by atoms with van der Waals surface area (Å²) >= 11 is 0. The number of nitrogens with zero attached hydrogens (tertiary/aromatic N) is 6. The van der Waals surface area contributed by atoms with Crippen LogP contribution in [0.25, 0.3) is 11.5 Å². The minimum absolute atomic E-state index is 0.191. The molecule has 0 unspecified atom stereocenters. The molecule has 0 aliphatic heterocycles. The third kappa shape index (κ3) is 6.86. The molecule has 2 heterocycles. The molecule has 0 saturated heterocycles. The highest BCUT2D eigenvalue weighted by Crippen LogP contribution is 2.44. The Labute approximate surface area is 211 Å². The van der Waals surface area contributed by atoms with Crippen molar-refractivity contribution in [1.82, 2.24) is 29.9 Å². The lowest BCUT2D eigenvalue weighted by atomic mass is 9.87. The molecule has 11 nitrogen and oxygen atoms in total. The second-order valence-electron chi connectivity index (χ2n) is 9.51. The number of rotatable bonds is 9. The lowest BCUT2D eigenvalue weighted by Crippen LogP contribution is -2.31. The van der Waals surface area contributed by atoms with Crippen molar-refractivity contribution in [2.24, 2.45) is 13.0 Å². The Morgan fingerprint density at radius 2 is 2.00 bits per heavy atom. The lowest BCUT2D eigenvalue weighted by Gasteiger charge is -2.27. The first kappa shape index (κ1) is 26.6. The summed E-state index contributed by atoms with van der Waals surface area (Å²) in [5.74, 6) is -0.280. The summed E-state index contributed by atoms with van der Waals surface area (Å²) in [6.45, 7) is -0.810. The van der Waals surface area contributed by atoms with Crippen molar-refractivity contribution in [3.8, 4) is 17.3 Å². The number of alkyl halides is 3. The van der Waals surface area contributed by atoms with Crippen molar-refractivity contribution in [3.63, 3.8) is 0 Å². The molecule has 2 aromatic rings. The number of aromatic nitrogens is 5. The normalized spacial score (nSPS) is 19.9. The van der Waals surface area contributed by atoms with Gasteiger partial charge in [0.05, 0.1) is 30.3 Å². The molecule has 0 radical (unpaired) electrons. The average Bonchev–Trinajstić information content (AvgIpc) is 3.63. The maximum Gasteiger partial charge on any atom is 0.409 e. The fourth-order valence-corrected chi connectivity index (χ4v) is 4.23. The molecule has 2 aromatic heterocycles. The van der Waals surface area contributed by atoms with E-state index in [1.807, 2.05) is 0 Å². The number of carboxylic acid groups (broad SMARTS) is 1. The van der Waals surface area contributed by atoms with Gasteiger partial charge >= 0.3 is 18.2 Å². The monoisotopic (exact) mass is 526 g/mol. The van der Waals surface area contributed by atoms with Crippen molar-refractivity contribution < 1.29 is 37.3 Å². The topological polar surface area (TPSA) is 133 Å². The van der Waals surface area contributed by atoms with Crippen molar-refractivity contribution >= 4 is 12.1 Å². The Morgan fingerprint density at radius 1 is 1.24 bits per heavy atom. The number of hydrogen-bond donors (Lipinski definition) is 1. The molecule has 14 heteroatoms. The fourth-order valence-electron chi connectivity index (χ4n) is 4.23. The first-order valence-corrected chi connectivity index (χ1v) is 12.1. The summed E-state index contributed by atoms with van der Waals surface area (Å²) in [5, 5.41) is 17.4. The summed E-state index contributed by atoms with van der Waals surface area (Å²) in [6.07, 6.45) is -0.647. The second-order valence-corrected chi connectivity index (χ2v) is 9.51. The molecule has 37 heavy (non-hydrogen) atoms. The van der Waals surface area contributed by atoms with Gasteiger partial charge in [0.2, 0.25) is 0 Å². The minimum atomic E-state index is -4.38. The number of carbonyl (C=O) groups is 2. The van der Waals surface area contributed by atoms with Crippen molar-refractivity contribution in [1.29, 1.82) is 0 Å². The van der Waals surface area contributed by atoms with E-state index >= 15 is 0 Å². The van der Waals surface area contributed by atoms with E-state index < -0.39 is 37.1 Å². The molecule has 0 aromatic carbocycles. The molecule has 2 atom stereocenters. The van der Waals surface area contributed by atoms with Gasteiger partial charge in [-0.1, -0.05) is 5.21 Å². The highest BCUT2D eigenvalue weighted by atomic mass is 19.4. The fraction of sp³-hybridized carbons (Fsp3) is 0.652. The standard InChI is InChI=1S/C23H29F3N6O5/c1-31(9-8-23(24,25)26)22(35)36-12-16-19(29-30-32(16)2)20-27-11-17(18(28-20)13-6-7-13)37-15-5-3-4-14(10-15)21(33)34/h11,13-15H,3-10,12H2,1-2H3,(H,33,34)/t14-,15-/m0/s1. The van der Waals surface area contributed by atoms with Crippen LogP contribution in [0.3, 0.4) is 0 Å². The summed E-state index contributed by atoms with van der Waals surface area (Å²) < 4.78 is 50.1. The number of hydrogen-bond acceptors (Lipinski definition) is 8. The van der Waals surface area contributed by atoms with Gasteiger partial charge in [0.1, 0.15) is 12.3 Å². The first-order valence-electron chi connectivity index (χ1n) is 12.1. The van der Waals surface area contributed by atoms with Crippen LogP contribution in [0, 0.1) is 5.92 Å². The van der Waals surface area contributed by atoms with Gasteiger partial charge in [0, 0.05) is 26.6 Å². The molecule has 2 saturated carbocycles. The van der Waals surface area contributed by atoms with Crippen LogP contribution in [0.1, 0.15) is 62.3 Å². The van der Waals surface area contributed by atoms with E-state index in [-0.39, 0.29) is 30.1 Å². The molecule has 0 bridgehead atoms. The van der Waals surface area contributed by atoms with E-state index in [0.29, 0.717) is 30.0 Å². The molecular weight excluding hydrogens is 497 g/mol. The van der Waals surface area contributed by atoms with Crippen molar-refractivity contribution in [2.45, 2.75) is 69.8 Å². The van der Waals surface area contributed by atoms with Gasteiger partial charge in [-0.25, -0.2) is 19.4 Å². The van der Waals surface area contributed by atoms with Crippen molar-refractivity contribution in [2.75, 3.05) is 13.6 Å². The molecule has 2 fully saturated rings. The predicted octanol–water partition coefficient (Wildman–Crippen LogP) is 3.69. The number of aryl methyl sites for hydroxylation is 1. The summed E-state index contributed by atoms with van der Waals surface area (Å²) in [5.41, 5.74) is 1.37. The number of halogens is 3. The third-order valence-electron chi connectivity index (χ3n) is 6.55. The van der Waals surface area contributed by atoms with Crippen LogP contribution in [0.15, 0.2) is 6.20 Å². The average molecular weight is 527 g/mol. The van der Waals surface area contributed by atoms with Gasteiger partial charge in [-0.15, -0.1) is 5.10 Å². The number of ether oxygens (including phenoxy) is 2. The van der Waals surface area contributed by atoms with Gasteiger partial charge in [-0.3, -0.25) is 4.79 Å². The first-order chi connectivity index (χ1) is 17.5. The third-order valence-corrected chi connectivity index (χ3v) is 6.55. The van der Waals surface area contributed by atoms with Crippen LogP contribution in [0.4, 0.5) is 18.0 Å². The van der Waals surface area contributed by atoms with Gasteiger partial charge in [-0.05, 0) is 38.5 Å². The van der Waals surface area contributed by atoms with Crippen molar-refractivity contribution in [3.05, 3.63) is 17.6 Å². The molecular formula is C23H29F3N6O5. The summed E-state index contributed by atoms with van der Waals surface area (Å²) in [4.78, 5) is 33.5. The highest BCUT2D eigenvalue weighted by molar-refractivity contribution is 5.70. The predicted molar refractivity (Wildman–Crippen MR) is 122 cm³/mol. The zero-order valence-corrected chi connectivity index (χ0v) is 20.6. The van der Waals surface area contributed by atoms with Gasteiger partial charge < -0.3 is 19.5 Å². The van der Waals surface area contributed by atoms with Gasteiger partial charge in [-0.2, -0.15) is 13.2 Å². The van der Waals surface area contributed by atoms with E-state index in [9.17, 15) is 27.9 Å². The molecule has 2 aliphatic carbocycles. The van der Waals surface area contributed by atoms with E-state index in [1.54, 1.807) is 13.2 Å². The summed E-state index contributed by atoms with van der Waals surface area (Å²) in [7, 11) is 2.82. The molecule has 2 aliphatic rings. The Hall–Kier alpha value is -3.45. The molecule has 4 rings (SSSR count). The van der Waals surface area contributed by atoms with E-state index in [4.69, 9.17) is 9.47 Å². The SMILES string of the molecule is CN(CCC(F)(F)F)C(=O)OCc1c(-c2ncc(O[C@H]3CCC[C@H](C(=O)O)C3)c(C3CC3)n2)nnn1C. The minimum Gasteiger partial charge on any atom is -0.487 e. The van der Waals surface area contributed by atoms with Crippen LogP contribution in [-0.4, -0.2) is 72.9 Å². The maximum atomic E-state index is 12.4. The quantitative estimate of drug-likeness (QED) is 0.519. The molecule has 1 amide bonds. The second kappa shape index (κ2) is 10.9. The lowest BCUT2D eigenvalue weighted by molar-refractivity contribution is -0.144. The smallest absolute Gasteiger partial charge is 0.409 e. The van der Waals surface area contributed by atoms with Crippen LogP contribution in [-0.2, 0) is 23.2 Å². The zero-order valence-electron chi connectivity index (χ0n) is 20.6. The Balaban J connectivity index is 1.47. The van der Waals surface area contributed by atoms with Crippen LogP contribution < -0.4 is 4.74 Å². The maximum absolute atomic E-state index is 12.4. The van der Waals surface area contributed by atoms with Crippen LogP contribution in [0.5, 0.6) is 5.75 Å². The Bertz CT molecular complexity index is 1140. The molecule has 202 valence electrons. The van der Waals surface area contributed by atoms with Crippen LogP contribution >= 0.6 is 0 Å². The number of aliphatic carboxylic acids is 1. The van der Waals surface area contributed by atoms with Crippen LogP contribution in [0.2, 0.25) is 0 Å². The Morgan fingerprint density at radius 3 is 2.68 bits per heavy atom. The Kier molecular flexibility index (Phi) is 7.83. The highest BCUT2D eigenvalue weighted by Gasteiger charge is 2.33. The van der Waals surface area contributed by atoms with E-state index in [1.165, 1.54) is 11.7 Å². The number of carboxylic acids is 1. The number of amides is 1.